The van der Waals surface area contributed by atoms with E-state index in [1.54, 1.807) is 6.07 Å². The second-order valence-corrected chi connectivity index (χ2v) is 6.37. The highest BCUT2D eigenvalue weighted by Crippen LogP contribution is 2.11. The second kappa shape index (κ2) is 6.63. The molecule has 19 heavy (non-hydrogen) atoms. The average molecular weight is 285 g/mol. The molecule has 7 heteroatoms. The third-order valence-electron chi connectivity index (χ3n) is 2.73. The molecular formula is C12H19N3O3S. The van der Waals surface area contributed by atoms with Crippen LogP contribution in [-0.4, -0.2) is 43.2 Å². The number of hydrogen-bond acceptors (Lipinski definition) is 4. The molecule has 0 saturated heterocycles. The molecule has 0 unspecified atom stereocenters. The monoisotopic (exact) mass is 285 g/mol. The number of nitrogens with zero attached hydrogens (tertiary/aromatic N) is 2. The first-order valence-electron chi connectivity index (χ1n) is 6.03. The number of hydrogen-bond donors (Lipinski definition) is 1. The van der Waals surface area contributed by atoms with Crippen LogP contribution in [0.3, 0.4) is 0 Å². The van der Waals surface area contributed by atoms with E-state index < -0.39 is 10.0 Å². The lowest BCUT2D eigenvalue weighted by molar-refractivity contribution is -0.121. The minimum Gasteiger partial charge on any atom is -0.353 e. The van der Waals surface area contributed by atoms with Gasteiger partial charge in [0.2, 0.25) is 15.9 Å². The molecule has 0 radical (unpaired) electrons. The van der Waals surface area contributed by atoms with Crippen LogP contribution in [0.15, 0.2) is 29.4 Å². The fourth-order valence-electron chi connectivity index (χ4n) is 1.39. The number of nitrogens with one attached hydrogen (secondary N) is 1. The van der Waals surface area contributed by atoms with Crippen molar-refractivity contribution < 1.29 is 13.2 Å². The molecule has 6 nitrogen and oxygen atoms in total. The van der Waals surface area contributed by atoms with Crippen molar-refractivity contribution in [3.63, 3.8) is 0 Å². The van der Waals surface area contributed by atoms with Crippen LogP contribution in [-0.2, 0) is 14.8 Å². The van der Waals surface area contributed by atoms with Crippen LogP contribution >= 0.6 is 0 Å². The molecule has 0 aliphatic rings. The van der Waals surface area contributed by atoms with Crippen LogP contribution in [0.25, 0.3) is 0 Å². The number of aromatic nitrogens is 1. The van der Waals surface area contributed by atoms with Crippen LogP contribution in [0.5, 0.6) is 0 Å². The summed E-state index contributed by atoms with van der Waals surface area (Å²) in [5.74, 6) is -0.315. The van der Waals surface area contributed by atoms with Crippen molar-refractivity contribution in [3.05, 3.63) is 24.5 Å². The van der Waals surface area contributed by atoms with E-state index in [0.29, 0.717) is 0 Å². The van der Waals surface area contributed by atoms with Crippen molar-refractivity contribution >= 4 is 15.9 Å². The third-order valence-corrected chi connectivity index (χ3v) is 4.52. The molecule has 1 aromatic heterocycles. The lowest BCUT2D eigenvalue weighted by atomic mass is 10.2. The predicted molar refractivity (Wildman–Crippen MR) is 71.9 cm³/mol. The maximum absolute atomic E-state index is 12.1. The van der Waals surface area contributed by atoms with Gasteiger partial charge >= 0.3 is 0 Å². The quantitative estimate of drug-likeness (QED) is 0.831. The van der Waals surface area contributed by atoms with Gasteiger partial charge in [0.1, 0.15) is 4.90 Å². The Balaban J connectivity index is 2.73. The molecule has 1 amide bonds. The van der Waals surface area contributed by atoms with E-state index in [1.807, 2.05) is 13.8 Å². The Hall–Kier alpha value is -1.47. The van der Waals surface area contributed by atoms with E-state index in [2.05, 4.69) is 10.3 Å². The summed E-state index contributed by atoms with van der Waals surface area (Å²) in [6, 6.07) is 3.02. The fraction of sp³-hybridized carbons (Fsp3) is 0.500. The highest BCUT2D eigenvalue weighted by atomic mass is 32.2. The number of carbonyl (C=O) groups excluding carboxylic acids is 1. The molecule has 0 aromatic carbocycles. The van der Waals surface area contributed by atoms with Gasteiger partial charge in [-0.05, 0) is 25.5 Å². The van der Waals surface area contributed by atoms with Gasteiger partial charge in [0, 0.05) is 25.5 Å². The van der Waals surface area contributed by atoms with E-state index in [0.717, 1.165) is 10.7 Å². The number of amides is 1. The number of pyridine rings is 1. The molecule has 0 aliphatic heterocycles. The van der Waals surface area contributed by atoms with Crippen LogP contribution in [0.4, 0.5) is 0 Å². The van der Waals surface area contributed by atoms with E-state index in [-0.39, 0.29) is 23.4 Å². The average Bonchev–Trinajstić information content (AvgIpc) is 2.39. The van der Waals surface area contributed by atoms with Crippen LogP contribution in [0.1, 0.15) is 20.3 Å². The van der Waals surface area contributed by atoms with Crippen molar-refractivity contribution in [1.29, 1.82) is 0 Å². The molecule has 0 fully saturated rings. The van der Waals surface area contributed by atoms with Crippen LogP contribution in [0.2, 0.25) is 0 Å². The van der Waals surface area contributed by atoms with E-state index in [1.165, 1.54) is 25.5 Å². The van der Waals surface area contributed by atoms with Crippen LogP contribution in [0, 0.1) is 0 Å². The molecule has 0 spiro atoms. The minimum atomic E-state index is -3.67. The Morgan fingerprint density at radius 1 is 1.53 bits per heavy atom. The van der Waals surface area contributed by atoms with Crippen molar-refractivity contribution in [1.82, 2.24) is 14.6 Å². The fourth-order valence-corrected chi connectivity index (χ4v) is 2.48. The van der Waals surface area contributed by atoms with Gasteiger partial charge in [-0.1, -0.05) is 6.92 Å². The first-order valence-corrected chi connectivity index (χ1v) is 7.47. The smallest absolute Gasteiger partial charge is 0.244 e. The maximum atomic E-state index is 12.1. The number of sulfonamides is 1. The third kappa shape index (κ3) is 4.29. The van der Waals surface area contributed by atoms with Gasteiger partial charge in [0.25, 0.3) is 0 Å². The number of carbonyl (C=O) groups is 1. The molecule has 1 N–H and O–H groups in total. The summed E-state index contributed by atoms with van der Waals surface area (Å²) < 4.78 is 25.3. The number of rotatable bonds is 6. The largest absolute Gasteiger partial charge is 0.353 e. The lowest BCUT2D eigenvalue weighted by Crippen LogP contribution is -2.41. The Labute approximate surface area is 113 Å². The first kappa shape index (κ1) is 15.6. The standard InChI is InChI=1S/C12H19N3O3S/c1-4-10(2)14-12(16)9-15(3)19(17,18)11-6-5-7-13-8-11/h5-8,10H,4,9H2,1-3H3,(H,14,16)/t10-/m0/s1. The normalized spacial score (nSPS) is 13.3. The number of likely N-dealkylation sites (N-methyl/N-ethyl adjacent to an activating group) is 1. The zero-order valence-corrected chi connectivity index (χ0v) is 12.1. The predicted octanol–water partition coefficient (Wildman–Crippen LogP) is 0.617. The molecule has 1 atom stereocenters. The van der Waals surface area contributed by atoms with Crippen molar-refractivity contribution in [2.75, 3.05) is 13.6 Å². The molecule has 106 valence electrons. The molecular weight excluding hydrogens is 266 g/mol. The molecule has 1 aromatic rings. The highest BCUT2D eigenvalue weighted by molar-refractivity contribution is 7.89. The topological polar surface area (TPSA) is 79.4 Å². The molecule has 1 rings (SSSR count). The van der Waals surface area contributed by atoms with Crippen molar-refractivity contribution in [2.24, 2.45) is 0 Å². The van der Waals surface area contributed by atoms with Gasteiger partial charge in [-0.2, -0.15) is 4.31 Å². The van der Waals surface area contributed by atoms with E-state index in [9.17, 15) is 13.2 Å². The Kier molecular flexibility index (Phi) is 5.44. The van der Waals surface area contributed by atoms with Crippen LogP contribution < -0.4 is 5.32 Å². The Morgan fingerprint density at radius 3 is 2.74 bits per heavy atom. The van der Waals surface area contributed by atoms with Gasteiger partial charge in [-0.25, -0.2) is 8.42 Å². The minimum absolute atomic E-state index is 0.0296. The lowest BCUT2D eigenvalue weighted by Gasteiger charge is -2.18. The Morgan fingerprint density at radius 2 is 2.21 bits per heavy atom. The Bertz CT molecular complexity index is 516. The molecule has 0 saturated carbocycles. The summed E-state index contributed by atoms with van der Waals surface area (Å²) in [7, 11) is -2.29. The molecule has 0 bridgehead atoms. The summed E-state index contributed by atoms with van der Waals surface area (Å²) in [6.45, 7) is 3.61. The maximum Gasteiger partial charge on any atom is 0.244 e. The second-order valence-electron chi connectivity index (χ2n) is 4.33. The SMILES string of the molecule is CC[C@H](C)NC(=O)CN(C)S(=O)(=O)c1cccnc1. The van der Waals surface area contributed by atoms with Gasteiger partial charge < -0.3 is 5.32 Å². The summed E-state index contributed by atoms with van der Waals surface area (Å²) in [6.07, 6.45) is 3.55. The molecule has 0 aliphatic carbocycles. The first-order chi connectivity index (χ1) is 8.87. The summed E-state index contributed by atoms with van der Waals surface area (Å²) >= 11 is 0. The van der Waals surface area contributed by atoms with Crippen molar-refractivity contribution in [2.45, 2.75) is 31.2 Å². The van der Waals surface area contributed by atoms with Gasteiger partial charge in [-0.3, -0.25) is 9.78 Å². The highest BCUT2D eigenvalue weighted by Gasteiger charge is 2.23. The summed E-state index contributed by atoms with van der Waals surface area (Å²) in [4.78, 5) is 15.5. The van der Waals surface area contributed by atoms with Crippen molar-refractivity contribution in [3.8, 4) is 0 Å². The van der Waals surface area contributed by atoms with Gasteiger partial charge in [-0.15, -0.1) is 0 Å². The van der Waals surface area contributed by atoms with E-state index >= 15 is 0 Å². The summed E-state index contributed by atoms with van der Waals surface area (Å²) in [5.41, 5.74) is 0. The van der Waals surface area contributed by atoms with Gasteiger partial charge in [0.05, 0.1) is 6.54 Å². The molecule has 1 heterocycles. The zero-order valence-electron chi connectivity index (χ0n) is 11.3. The summed E-state index contributed by atoms with van der Waals surface area (Å²) in [5, 5.41) is 2.72. The zero-order chi connectivity index (χ0) is 14.5. The van der Waals surface area contributed by atoms with Gasteiger partial charge in [0.15, 0.2) is 0 Å². The van der Waals surface area contributed by atoms with E-state index in [4.69, 9.17) is 0 Å².